The Morgan fingerprint density at radius 3 is 2.64 bits per heavy atom. The van der Waals surface area contributed by atoms with E-state index in [0.717, 1.165) is 24.8 Å². The van der Waals surface area contributed by atoms with Gasteiger partial charge in [0.1, 0.15) is 0 Å². The number of benzene rings is 2. The van der Waals surface area contributed by atoms with E-state index in [1.807, 2.05) is 19.9 Å². The van der Waals surface area contributed by atoms with Gasteiger partial charge in [0.05, 0.1) is 5.25 Å². The summed E-state index contributed by atoms with van der Waals surface area (Å²) in [5.41, 5.74) is 3.45. The lowest BCUT2D eigenvalue weighted by Crippen LogP contribution is -2.36. The Kier molecular flexibility index (Phi) is 4.42. The third-order valence-corrected chi connectivity index (χ3v) is 8.99. The van der Waals surface area contributed by atoms with Gasteiger partial charge in [-0.3, -0.25) is 0 Å². The average molecular weight is 374 g/mol. The fraction of sp³-hybridized carbons (Fsp3) is 0.400. The minimum atomic E-state index is -3.30. The number of nitrogens with zero attached hydrogens (tertiary/aromatic N) is 1. The molecule has 0 radical (unpaired) electrons. The van der Waals surface area contributed by atoms with Gasteiger partial charge in [0.2, 0.25) is 10.0 Å². The van der Waals surface area contributed by atoms with Gasteiger partial charge in [0.25, 0.3) is 0 Å². The summed E-state index contributed by atoms with van der Waals surface area (Å²) in [6.45, 7) is 4.49. The zero-order valence-electron chi connectivity index (χ0n) is 14.6. The van der Waals surface area contributed by atoms with E-state index in [9.17, 15) is 8.42 Å². The van der Waals surface area contributed by atoms with Gasteiger partial charge in [-0.2, -0.15) is 4.31 Å². The Hall–Kier alpha value is -1.30. The molecule has 0 amide bonds. The first kappa shape index (κ1) is 17.1. The second kappa shape index (κ2) is 6.45. The van der Waals surface area contributed by atoms with Crippen LogP contribution in [0.4, 0.5) is 0 Å². The number of hydrogen-bond donors (Lipinski definition) is 0. The molecule has 2 aromatic carbocycles. The molecule has 1 unspecified atom stereocenters. The van der Waals surface area contributed by atoms with Crippen LogP contribution in [0.5, 0.6) is 0 Å². The molecule has 2 aliphatic rings. The second-order valence-corrected chi connectivity index (χ2v) is 10.3. The summed E-state index contributed by atoms with van der Waals surface area (Å²) in [6, 6.07) is 14.7. The highest BCUT2D eigenvalue weighted by Crippen LogP contribution is 2.41. The van der Waals surface area contributed by atoms with E-state index in [0.29, 0.717) is 6.54 Å². The standard InChI is InChI=1S/C20H23NO2S2/c1-14-6-5-11-21(14)25(22,23)15(2)16-9-10-20-18(12-16)13-17-7-3-4-8-19(17)24-20/h3-4,7-10,12,14-15H,5-6,11,13H2,1-2H3/t14-,15?/m0/s1. The molecule has 0 aliphatic carbocycles. The monoisotopic (exact) mass is 373 g/mol. The van der Waals surface area contributed by atoms with Crippen molar-refractivity contribution in [3.05, 3.63) is 59.2 Å². The van der Waals surface area contributed by atoms with E-state index < -0.39 is 15.3 Å². The SMILES string of the molecule is CC(c1ccc2c(c1)Cc1ccccc1S2)S(=O)(=O)N1CCC[C@@H]1C. The molecule has 2 aliphatic heterocycles. The van der Waals surface area contributed by atoms with E-state index >= 15 is 0 Å². The third kappa shape index (κ3) is 3.03. The smallest absolute Gasteiger partial charge is 0.212 e. The van der Waals surface area contributed by atoms with Gasteiger partial charge in [0, 0.05) is 22.4 Å². The van der Waals surface area contributed by atoms with Crippen LogP contribution in [0.3, 0.4) is 0 Å². The van der Waals surface area contributed by atoms with Gasteiger partial charge in [0.15, 0.2) is 0 Å². The van der Waals surface area contributed by atoms with Crippen LogP contribution in [0.2, 0.25) is 0 Å². The maximum atomic E-state index is 13.0. The summed E-state index contributed by atoms with van der Waals surface area (Å²) >= 11 is 1.78. The van der Waals surface area contributed by atoms with Gasteiger partial charge in [-0.15, -0.1) is 0 Å². The van der Waals surface area contributed by atoms with Crippen LogP contribution < -0.4 is 0 Å². The zero-order chi connectivity index (χ0) is 17.6. The molecule has 1 fully saturated rings. The minimum absolute atomic E-state index is 0.118. The molecule has 2 atom stereocenters. The summed E-state index contributed by atoms with van der Waals surface area (Å²) in [5.74, 6) is 0. The highest BCUT2D eigenvalue weighted by molar-refractivity contribution is 7.99. The number of fused-ring (bicyclic) bond motifs is 2. The quantitative estimate of drug-likeness (QED) is 0.672. The van der Waals surface area contributed by atoms with Gasteiger partial charge in [-0.05, 0) is 61.9 Å². The number of rotatable bonds is 3. The van der Waals surface area contributed by atoms with Gasteiger partial charge in [-0.25, -0.2) is 8.42 Å². The first-order valence-electron chi connectivity index (χ1n) is 8.86. The predicted octanol–water partition coefficient (Wildman–Crippen LogP) is 4.62. The fourth-order valence-corrected chi connectivity index (χ4v) is 6.76. The van der Waals surface area contributed by atoms with Crippen LogP contribution in [0.1, 0.15) is 48.6 Å². The van der Waals surface area contributed by atoms with Crippen molar-refractivity contribution in [1.82, 2.24) is 4.31 Å². The van der Waals surface area contributed by atoms with Crippen LogP contribution in [0, 0.1) is 0 Å². The highest BCUT2D eigenvalue weighted by Gasteiger charge is 2.36. The van der Waals surface area contributed by atoms with E-state index in [4.69, 9.17) is 0 Å². The molecule has 25 heavy (non-hydrogen) atoms. The summed E-state index contributed by atoms with van der Waals surface area (Å²) in [4.78, 5) is 2.54. The molecular formula is C20H23NO2S2. The van der Waals surface area contributed by atoms with E-state index in [1.165, 1.54) is 20.9 Å². The predicted molar refractivity (Wildman–Crippen MR) is 103 cm³/mol. The third-order valence-electron chi connectivity index (χ3n) is 5.39. The van der Waals surface area contributed by atoms with Gasteiger partial charge >= 0.3 is 0 Å². The maximum Gasteiger partial charge on any atom is 0.221 e. The van der Waals surface area contributed by atoms with Crippen LogP contribution in [-0.4, -0.2) is 25.3 Å². The molecule has 0 N–H and O–H groups in total. The van der Waals surface area contributed by atoms with Crippen LogP contribution in [0.15, 0.2) is 52.3 Å². The first-order chi connectivity index (χ1) is 12.0. The van der Waals surface area contributed by atoms with Crippen LogP contribution in [0.25, 0.3) is 0 Å². The highest BCUT2D eigenvalue weighted by atomic mass is 32.2. The Bertz CT molecular complexity index is 908. The fourth-order valence-electron chi connectivity index (χ4n) is 3.82. The Morgan fingerprint density at radius 2 is 1.88 bits per heavy atom. The van der Waals surface area contributed by atoms with Crippen LogP contribution >= 0.6 is 11.8 Å². The number of sulfonamides is 1. The molecule has 5 heteroatoms. The first-order valence-corrected chi connectivity index (χ1v) is 11.2. The Morgan fingerprint density at radius 1 is 1.12 bits per heavy atom. The van der Waals surface area contributed by atoms with Crippen molar-refractivity contribution >= 4 is 21.8 Å². The molecule has 0 spiro atoms. The normalized spacial score (nSPS) is 21.6. The molecule has 0 aromatic heterocycles. The largest absolute Gasteiger partial charge is 0.221 e. The van der Waals surface area contributed by atoms with Crippen molar-refractivity contribution in [2.75, 3.05) is 6.54 Å². The molecule has 0 saturated carbocycles. The Labute approximate surface area is 154 Å². The topological polar surface area (TPSA) is 37.4 Å². The average Bonchev–Trinajstić information content (AvgIpc) is 3.05. The summed E-state index contributed by atoms with van der Waals surface area (Å²) in [7, 11) is -3.30. The summed E-state index contributed by atoms with van der Waals surface area (Å²) < 4.78 is 27.8. The lowest BCUT2D eigenvalue weighted by Gasteiger charge is -2.26. The van der Waals surface area contributed by atoms with Crippen molar-refractivity contribution in [2.45, 2.75) is 54.2 Å². The zero-order valence-corrected chi connectivity index (χ0v) is 16.2. The molecular weight excluding hydrogens is 350 g/mol. The molecule has 2 heterocycles. The molecule has 2 aromatic rings. The summed E-state index contributed by atoms with van der Waals surface area (Å²) in [5, 5.41) is -0.500. The van der Waals surface area contributed by atoms with E-state index in [1.54, 1.807) is 16.1 Å². The van der Waals surface area contributed by atoms with E-state index in [2.05, 4.69) is 36.4 Å². The van der Waals surface area contributed by atoms with Gasteiger partial charge in [-0.1, -0.05) is 42.1 Å². The maximum absolute atomic E-state index is 13.0. The molecule has 132 valence electrons. The van der Waals surface area contributed by atoms with Crippen molar-refractivity contribution in [2.24, 2.45) is 0 Å². The molecule has 1 saturated heterocycles. The molecule has 4 rings (SSSR count). The Balaban J connectivity index is 1.64. The molecule has 3 nitrogen and oxygen atoms in total. The van der Waals surface area contributed by atoms with Gasteiger partial charge < -0.3 is 0 Å². The van der Waals surface area contributed by atoms with Crippen molar-refractivity contribution in [1.29, 1.82) is 0 Å². The molecule has 0 bridgehead atoms. The second-order valence-electron chi connectivity index (χ2n) is 7.04. The van der Waals surface area contributed by atoms with Crippen molar-refractivity contribution < 1.29 is 8.42 Å². The minimum Gasteiger partial charge on any atom is -0.212 e. The van der Waals surface area contributed by atoms with Crippen LogP contribution in [-0.2, 0) is 16.4 Å². The lowest BCUT2D eigenvalue weighted by molar-refractivity contribution is 0.402. The van der Waals surface area contributed by atoms with E-state index in [-0.39, 0.29) is 6.04 Å². The number of hydrogen-bond acceptors (Lipinski definition) is 3. The van der Waals surface area contributed by atoms with Crippen molar-refractivity contribution in [3.63, 3.8) is 0 Å². The lowest BCUT2D eigenvalue weighted by atomic mass is 10.0. The van der Waals surface area contributed by atoms with Crippen molar-refractivity contribution in [3.8, 4) is 0 Å². The summed E-state index contributed by atoms with van der Waals surface area (Å²) in [6.07, 6.45) is 2.80.